The highest BCUT2D eigenvalue weighted by Gasteiger charge is 2.10. The molecule has 0 saturated carbocycles. The molecular weight excluding hydrogens is 326 g/mol. The van der Waals surface area contributed by atoms with Gasteiger partial charge in [0.15, 0.2) is 0 Å². The first-order valence-corrected chi connectivity index (χ1v) is 8.49. The molecule has 0 aliphatic rings. The van der Waals surface area contributed by atoms with Crippen LogP contribution in [0.3, 0.4) is 0 Å². The molecule has 0 aliphatic carbocycles. The van der Waals surface area contributed by atoms with Crippen molar-refractivity contribution in [3.8, 4) is 0 Å². The zero-order valence-electron chi connectivity index (χ0n) is 13.6. The lowest BCUT2D eigenvalue weighted by atomic mass is 10.2. The number of non-ortho nitro benzene ring substituents is 1. The first-order valence-electron chi connectivity index (χ1n) is 7.50. The second kappa shape index (κ2) is 8.35. The summed E-state index contributed by atoms with van der Waals surface area (Å²) in [7, 11) is 0. The van der Waals surface area contributed by atoms with Crippen LogP contribution < -0.4 is 10.4 Å². The Labute approximate surface area is 145 Å². The van der Waals surface area contributed by atoms with Gasteiger partial charge in [-0.2, -0.15) is 0 Å². The molecule has 126 valence electrons. The van der Waals surface area contributed by atoms with E-state index in [1.807, 2.05) is 38.1 Å². The predicted molar refractivity (Wildman–Crippen MR) is 96.2 cm³/mol. The summed E-state index contributed by atoms with van der Waals surface area (Å²) in [6, 6.07) is 14.1. The van der Waals surface area contributed by atoms with E-state index in [2.05, 4.69) is 5.43 Å². The molecule has 24 heavy (non-hydrogen) atoms. The Bertz CT molecular complexity index is 702. The van der Waals surface area contributed by atoms with Crippen LogP contribution in [0.4, 0.5) is 11.4 Å². The van der Waals surface area contributed by atoms with Crippen molar-refractivity contribution < 1.29 is 9.72 Å². The third-order valence-electron chi connectivity index (χ3n) is 3.34. The van der Waals surface area contributed by atoms with Gasteiger partial charge in [-0.1, -0.05) is 17.7 Å². The molecule has 6 nitrogen and oxygen atoms in total. The number of carbonyl (C=O) groups excluding carboxylic acids is 1. The minimum Gasteiger partial charge on any atom is -0.286 e. The van der Waals surface area contributed by atoms with Crippen LogP contribution in [-0.2, 0) is 4.79 Å². The maximum atomic E-state index is 12.1. The molecule has 0 radical (unpaired) electrons. The van der Waals surface area contributed by atoms with Gasteiger partial charge in [0, 0.05) is 23.6 Å². The van der Waals surface area contributed by atoms with Crippen molar-refractivity contribution in [2.45, 2.75) is 18.7 Å². The molecule has 2 aromatic carbocycles. The Morgan fingerprint density at radius 3 is 2.33 bits per heavy atom. The number of aryl methyl sites for hydroxylation is 1. The van der Waals surface area contributed by atoms with Crippen LogP contribution in [0, 0.1) is 17.0 Å². The molecular formula is C17H19N3O3S. The zero-order valence-corrected chi connectivity index (χ0v) is 14.4. The molecule has 0 aromatic heterocycles. The van der Waals surface area contributed by atoms with E-state index >= 15 is 0 Å². The molecule has 0 bridgehead atoms. The number of benzene rings is 2. The Morgan fingerprint density at radius 2 is 1.79 bits per heavy atom. The highest BCUT2D eigenvalue weighted by atomic mass is 32.2. The molecule has 0 aliphatic heterocycles. The number of anilines is 1. The van der Waals surface area contributed by atoms with Gasteiger partial charge >= 0.3 is 0 Å². The van der Waals surface area contributed by atoms with Gasteiger partial charge in [-0.15, -0.1) is 11.8 Å². The topological polar surface area (TPSA) is 75.5 Å². The minimum atomic E-state index is -0.443. The number of hydrazine groups is 1. The third kappa shape index (κ3) is 4.99. The summed E-state index contributed by atoms with van der Waals surface area (Å²) in [6.45, 7) is 4.63. The van der Waals surface area contributed by atoms with Crippen LogP contribution >= 0.6 is 11.8 Å². The number of nitro groups is 1. The summed E-state index contributed by atoms with van der Waals surface area (Å²) in [5.41, 5.74) is 5.00. The summed E-state index contributed by atoms with van der Waals surface area (Å²) < 4.78 is 0. The number of nitro benzene ring substituents is 1. The van der Waals surface area contributed by atoms with Crippen molar-refractivity contribution in [1.29, 1.82) is 0 Å². The zero-order chi connectivity index (χ0) is 17.5. The second-order valence-corrected chi connectivity index (χ2v) is 6.20. The summed E-state index contributed by atoms with van der Waals surface area (Å²) in [4.78, 5) is 23.1. The first-order chi connectivity index (χ1) is 11.5. The summed E-state index contributed by atoms with van der Waals surface area (Å²) in [6.07, 6.45) is 0. The number of amides is 1. The van der Waals surface area contributed by atoms with Crippen molar-refractivity contribution in [3.63, 3.8) is 0 Å². The maximum absolute atomic E-state index is 12.1. The average Bonchev–Trinajstić information content (AvgIpc) is 2.59. The number of nitrogens with one attached hydrogen (secondary N) is 1. The van der Waals surface area contributed by atoms with Gasteiger partial charge in [0.2, 0.25) is 5.91 Å². The van der Waals surface area contributed by atoms with Crippen LogP contribution in [0.2, 0.25) is 0 Å². The van der Waals surface area contributed by atoms with E-state index in [0.717, 1.165) is 16.1 Å². The van der Waals surface area contributed by atoms with Crippen molar-refractivity contribution in [1.82, 2.24) is 5.43 Å². The summed E-state index contributed by atoms with van der Waals surface area (Å²) in [5, 5.41) is 12.4. The fraction of sp³-hybridized carbons (Fsp3) is 0.235. The van der Waals surface area contributed by atoms with Crippen LogP contribution in [0.1, 0.15) is 12.5 Å². The maximum Gasteiger partial charge on any atom is 0.269 e. The Hall–Kier alpha value is -2.54. The van der Waals surface area contributed by atoms with Gasteiger partial charge in [0.1, 0.15) is 0 Å². The lowest BCUT2D eigenvalue weighted by Gasteiger charge is -2.23. The minimum absolute atomic E-state index is 0.0420. The second-order valence-electron chi connectivity index (χ2n) is 5.15. The Morgan fingerprint density at radius 1 is 1.17 bits per heavy atom. The van der Waals surface area contributed by atoms with Crippen molar-refractivity contribution in [2.24, 2.45) is 0 Å². The summed E-state index contributed by atoms with van der Waals surface area (Å²) in [5.74, 6) is 0.112. The van der Waals surface area contributed by atoms with Gasteiger partial charge in [-0.05, 0) is 38.1 Å². The van der Waals surface area contributed by atoms with Crippen LogP contribution in [0.5, 0.6) is 0 Å². The van der Waals surface area contributed by atoms with Crippen LogP contribution in [0.15, 0.2) is 53.4 Å². The van der Waals surface area contributed by atoms with Gasteiger partial charge in [-0.3, -0.25) is 25.3 Å². The van der Waals surface area contributed by atoms with Crippen molar-refractivity contribution >= 4 is 29.0 Å². The lowest BCUT2D eigenvalue weighted by molar-refractivity contribution is -0.384. The number of carbonyl (C=O) groups is 1. The van der Waals surface area contributed by atoms with Crippen molar-refractivity contribution in [2.75, 3.05) is 17.3 Å². The monoisotopic (exact) mass is 345 g/mol. The number of rotatable bonds is 7. The number of thioether (sulfide) groups is 1. The molecule has 2 rings (SSSR count). The predicted octanol–water partition coefficient (Wildman–Crippen LogP) is 3.55. The SMILES string of the molecule is CCN(NC(=O)CSc1ccc([N+](=O)[O-])cc1)c1ccc(C)cc1. The fourth-order valence-corrected chi connectivity index (χ4v) is 2.74. The van der Waals surface area contributed by atoms with Gasteiger partial charge in [0.05, 0.1) is 16.4 Å². The van der Waals surface area contributed by atoms with E-state index in [1.54, 1.807) is 17.1 Å². The first kappa shape index (κ1) is 17.8. The van der Waals surface area contributed by atoms with E-state index in [1.165, 1.54) is 23.9 Å². The van der Waals surface area contributed by atoms with E-state index < -0.39 is 4.92 Å². The summed E-state index contributed by atoms with van der Waals surface area (Å²) >= 11 is 1.34. The van der Waals surface area contributed by atoms with Gasteiger partial charge in [0.25, 0.3) is 5.69 Å². The molecule has 0 saturated heterocycles. The van der Waals surface area contributed by atoms with Gasteiger partial charge < -0.3 is 0 Å². The number of hydrogen-bond donors (Lipinski definition) is 1. The normalized spacial score (nSPS) is 10.2. The van der Waals surface area contributed by atoms with Crippen LogP contribution in [0.25, 0.3) is 0 Å². The van der Waals surface area contributed by atoms with E-state index in [0.29, 0.717) is 6.54 Å². The molecule has 0 atom stereocenters. The largest absolute Gasteiger partial charge is 0.286 e. The van der Waals surface area contributed by atoms with Crippen LogP contribution in [-0.4, -0.2) is 23.1 Å². The number of hydrogen-bond acceptors (Lipinski definition) is 5. The highest BCUT2D eigenvalue weighted by molar-refractivity contribution is 8.00. The molecule has 0 heterocycles. The van der Waals surface area contributed by atoms with E-state index in [-0.39, 0.29) is 17.3 Å². The molecule has 1 N–H and O–H groups in total. The average molecular weight is 345 g/mol. The van der Waals surface area contributed by atoms with E-state index in [9.17, 15) is 14.9 Å². The molecule has 1 amide bonds. The molecule has 0 unspecified atom stereocenters. The molecule has 0 spiro atoms. The fourth-order valence-electron chi connectivity index (χ4n) is 2.05. The molecule has 7 heteroatoms. The third-order valence-corrected chi connectivity index (χ3v) is 4.35. The quantitative estimate of drug-likeness (QED) is 0.472. The number of nitrogens with zero attached hydrogens (tertiary/aromatic N) is 2. The Balaban J connectivity index is 1.89. The van der Waals surface area contributed by atoms with E-state index in [4.69, 9.17) is 0 Å². The molecule has 0 fully saturated rings. The van der Waals surface area contributed by atoms with Gasteiger partial charge in [-0.25, -0.2) is 0 Å². The highest BCUT2D eigenvalue weighted by Crippen LogP contribution is 2.21. The molecule has 2 aromatic rings. The Kier molecular flexibility index (Phi) is 6.20. The standard InChI is InChI=1S/C17H19N3O3S/c1-3-19(14-6-4-13(2)5-7-14)18-17(21)12-24-16-10-8-15(9-11-16)20(22)23/h4-11H,3,12H2,1-2H3,(H,18,21). The smallest absolute Gasteiger partial charge is 0.269 e. The van der Waals surface area contributed by atoms with Crippen molar-refractivity contribution in [3.05, 3.63) is 64.2 Å². The lowest BCUT2D eigenvalue weighted by Crippen LogP contribution is -2.43.